The Morgan fingerprint density at radius 1 is 0.909 bits per heavy atom. The van der Waals surface area contributed by atoms with Crippen LogP contribution in [0.1, 0.15) is 45.7 Å². The van der Waals surface area contributed by atoms with Gasteiger partial charge in [0.2, 0.25) is 0 Å². The van der Waals surface area contributed by atoms with Crippen molar-refractivity contribution in [3.8, 4) is 5.75 Å². The number of halogens is 3. The Balaban J connectivity index is 0.000000877. The van der Waals surface area contributed by atoms with E-state index in [1.807, 2.05) is 45.0 Å². The molecule has 11 nitrogen and oxygen atoms in total. The van der Waals surface area contributed by atoms with Crippen LogP contribution in [0.4, 0.5) is 18.9 Å². The third kappa shape index (κ3) is 16.5. The zero-order valence-corrected chi connectivity index (χ0v) is 25.9. The number of methoxy groups -OCH3 is 1. The molecule has 0 bridgehead atoms. The first-order valence-electron chi connectivity index (χ1n) is 13.4. The van der Waals surface area contributed by atoms with Gasteiger partial charge < -0.3 is 35.5 Å². The van der Waals surface area contributed by atoms with Gasteiger partial charge in [0, 0.05) is 0 Å². The maximum atomic E-state index is 12.7. The van der Waals surface area contributed by atoms with Gasteiger partial charge >= 0.3 is 24.1 Å². The number of aliphatic hydroxyl groups is 1. The van der Waals surface area contributed by atoms with Crippen molar-refractivity contribution in [2.75, 3.05) is 20.3 Å². The summed E-state index contributed by atoms with van der Waals surface area (Å²) in [4.78, 5) is 37.9. The molecule has 5 N–H and O–H groups in total. The van der Waals surface area contributed by atoms with E-state index in [1.165, 1.54) is 5.56 Å². The highest BCUT2D eigenvalue weighted by Crippen LogP contribution is 2.25. The molecule has 0 aliphatic carbocycles. The summed E-state index contributed by atoms with van der Waals surface area (Å²) in [6, 6.07) is 14.2. The second kappa shape index (κ2) is 19.2. The predicted molar refractivity (Wildman–Crippen MR) is 158 cm³/mol. The van der Waals surface area contributed by atoms with Crippen molar-refractivity contribution in [3.63, 3.8) is 0 Å². The number of aryl methyl sites for hydroxylation is 1. The number of hydrogen-bond donors (Lipinski definition) is 3. The van der Waals surface area contributed by atoms with Gasteiger partial charge in [0.25, 0.3) is 0 Å². The third-order valence-electron chi connectivity index (χ3n) is 5.26. The summed E-state index contributed by atoms with van der Waals surface area (Å²) < 4.78 is 52.6. The molecule has 0 spiro atoms. The van der Waals surface area contributed by atoms with Gasteiger partial charge in [-0.25, -0.2) is 9.79 Å². The molecule has 0 amide bonds. The van der Waals surface area contributed by atoms with E-state index >= 15 is 0 Å². The van der Waals surface area contributed by atoms with Crippen LogP contribution in [0, 0.1) is 18.3 Å². The largest absolute Gasteiger partial charge is 0.490 e. The monoisotopic (exact) mass is 629 g/mol. The summed E-state index contributed by atoms with van der Waals surface area (Å²) in [5.41, 5.74) is 12.2. The highest BCUT2D eigenvalue weighted by molar-refractivity contribution is 5.81. The van der Waals surface area contributed by atoms with Crippen LogP contribution >= 0.6 is 0 Å². The van der Waals surface area contributed by atoms with Crippen LogP contribution in [0.25, 0.3) is 0 Å². The number of carbonyl (C=O) groups is 3. The van der Waals surface area contributed by atoms with Crippen LogP contribution in [-0.4, -0.2) is 61.6 Å². The van der Waals surface area contributed by atoms with Gasteiger partial charge in [-0.1, -0.05) is 43.7 Å². The summed E-state index contributed by atoms with van der Waals surface area (Å²) in [6.45, 7) is 10.9. The first kappa shape index (κ1) is 39.8. The van der Waals surface area contributed by atoms with Crippen molar-refractivity contribution in [1.29, 1.82) is 0 Å². The van der Waals surface area contributed by atoms with Gasteiger partial charge in [-0.2, -0.15) is 13.2 Å². The molecule has 0 saturated heterocycles. The third-order valence-corrected chi connectivity index (χ3v) is 5.26. The van der Waals surface area contributed by atoms with E-state index in [4.69, 9.17) is 30.8 Å². The van der Waals surface area contributed by atoms with E-state index in [-0.39, 0.29) is 43.8 Å². The Morgan fingerprint density at radius 3 is 1.84 bits per heavy atom. The molecule has 0 aliphatic rings. The number of aliphatic imine (C=N–C) groups is 1. The molecule has 14 heteroatoms. The number of nitrogens with two attached hydrogens (primary N) is 2. The van der Waals surface area contributed by atoms with Gasteiger partial charge in [0.15, 0.2) is 5.96 Å². The molecule has 0 aliphatic heterocycles. The van der Waals surface area contributed by atoms with Crippen molar-refractivity contribution in [3.05, 3.63) is 59.7 Å². The molecule has 0 heterocycles. The fourth-order valence-electron chi connectivity index (χ4n) is 2.68. The maximum Gasteiger partial charge on any atom is 0.490 e. The quantitative estimate of drug-likeness (QED) is 0.149. The molecule has 0 aromatic heterocycles. The van der Waals surface area contributed by atoms with Crippen molar-refractivity contribution < 1.29 is 51.6 Å². The zero-order chi connectivity index (χ0) is 34.1. The fourth-order valence-corrected chi connectivity index (χ4v) is 2.68. The highest BCUT2D eigenvalue weighted by atomic mass is 19.4. The number of alkyl halides is 3. The maximum absolute atomic E-state index is 12.7. The van der Waals surface area contributed by atoms with Gasteiger partial charge in [0.1, 0.15) is 17.8 Å². The Hall–Kier alpha value is -4.17. The first-order valence-corrected chi connectivity index (χ1v) is 13.4. The summed E-state index contributed by atoms with van der Waals surface area (Å²) in [6.07, 6.45) is -4.94. The Labute approximate surface area is 255 Å². The lowest BCUT2D eigenvalue weighted by Gasteiger charge is -2.27. The SMILES string of the molecule is CC(C)OCC(C)(COC(=O)C(C)C)C(=O)Oc1ccc(N=C(N)N)cc1.COC(=O)C(F)(F)F.Cc1ccc(CO)cc1. The Kier molecular flexibility index (Phi) is 17.4. The molecular formula is C30H42F3N3O8. The first-order chi connectivity index (χ1) is 20.3. The second-order valence-corrected chi connectivity index (χ2v) is 10.2. The Bertz CT molecular complexity index is 1200. The number of ether oxygens (including phenoxy) is 4. The van der Waals surface area contributed by atoms with E-state index in [0.717, 1.165) is 5.56 Å². The predicted octanol–water partition coefficient (Wildman–Crippen LogP) is 4.34. The highest BCUT2D eigenvalue weighted by Gasteiger charge is 2.40. The summed E-state index contributed by atoms with van der Waals surface area (Å²) in [5, 5.41) is 8.63. The minimum Gasteiger partial charge on any atom is -0.464 e. The number of guanidine groups is 1. The normalized spacial score (nSPS) is 12.0. The van der Waals surface area contributed by atoms with E-state index in [0.29, 0.717) is 18.5 Å². The molecule has 1 atom stereocenters. The summed E-state index contributed by atoms with van der Waals surface area (Å²) >= 11 is 0. The summed E-state index contributed by atoms with van der Waals surface area (Å²) in [7, 11) is 0.676. The summed E-state index contributed by atoms with van der Waals surface area (Å²) in [5.74, 6) is -3.16. The van der Waals surface area contributed by atoms with Crippen molar-refractivity contribution in [1.82, 2.24) is 0 Å². The smallest absolute Gasteiger partial charge is 0.464 e. The topological polar surface area (TPSA) is 173 Å². The van der Waals surface area contributed by atoms with Gasteiger partial charge in [-0.15, -0.1) is 0 Å². The van der Waals surface area contributed by atoms with E-state index in [1.54, 1.807) is 45.0 Å². The van der Waals surface area contributed by atoms with Crippen molar-refractivity contribution in [2.45, 2.75) is 60.4 Å². The minimum atomic E-state index is -4.85. The molecule has 0 fully saturated rings. The van der Waals surface area contributed by atoms with Crippen molar-refractivity contribution >= 4 is 29.6 Å². The molecule has 2 aromatic carbocycles. The molecular weight excluding hydrogens is 587 g/mol. The average molecular weight is 630 g/mol. The van der Waals surface area contributed by atoms with Gasteiger partial charge in [0.05, 0.1) is 38.0 Å². The second-order valence-electron chi connectivity index (χ2n) is 10.2. The zero-order valence-electron chi connectivity index (χ0n) is 25.9. The Morgan fingerprint density at radius 2 is 1.45 bits per heavy atom. The fraction of sp³-hybridized carbons (Fsp3) is 0.467. The number of carbonyl (C=O) groups excluding carboxylic acids is 3. The number of aliphatic hydroxyl groups excluding tert-OH is 1. The average Bonchev–Trinajstić information content (AvgIpc) is 2.95. The minimum absolute atomic E-state index is 0.0565. The van der Waals surface area contributed by atoms with Crippen LogP contribution < -0.4 is 16.2 Å². The molecule has 2 rings (SSSR count). The molecule has 44 heavy (non-hydrogen) atoms. The lowest BCUT2D eigenvalue weighted by atomic mass is 9.93. The number of benzene rings is 2. The van der Waals surface area contributed by atoms with Crippen LogP contribution in [0.5, 0.6) is 5.75 Å². The lowest BCUT2D eigenvalue weighted by molar-refractivity contribution is -0.196. The number of hydrogen-bond acceptors (Lipinski definition) is 9. The van der Waals surface area contributed by atoms with Gasteiger partial charge in [-0.05, 0) is 57.5 Å². The molecule has 2 aromatic rings. The van der Waals surface area contributed by atoms with Crippen LogP contribution in [0.3, 0.4) is 0 Å². The van der Waals surface area contributed by atoms with Gasteiger partial charge in [-0.3, -0.25) is 9.59 Å². The molecule has 0 radical (unpaired) electrons. The van der Waals surface area contributed by atoms with Crippen LogP contribution in [0.15, 0.2) is 53.5 Å². The van der Waals surface area contributed by atoms with E-state index < -0.39 is 23.5 Å². The standard InChI is InChI=1S/C19H29N3O5.C8H10O.C3H3F3O2/c1-12(2)16(23)26-11-19(5,10-25-13(3)4)17(24)27-15-8-6-14(7-9-15)22-18(20)21;1-7-2-4-8(6-9)5-3-7;1-8-2(7)3(4,5)6/h6-9,12-13H,10-11H2,1-5H3,(H4,20,21,22);2-5,9H,6H2,1H3;1H3. The molecule has 0 saturated carbocycles. The van der Waals surface area contributed by atoms with Crippen LogP contribution in [-0.2, 0) is 35.2 Å². The van der Waals surface area contributed by atoms with E-state index in [2.05, 4.69) is 9.73 Å². The molecule has 1 unspecified atom stereocenters. The number of nitrogens with zero attached hydrogens (tertiary/aromatic N) is 1. The number of esters is 3. The molecule has 246 valence electrons. The number of rotatable bonds is 10. The van der Waals surface area contributed by atoms with Crippen LogP contribution in [0.2, 0.25) is 0 Å². The lowest BCUT2D eigenvalue weighted by Crippen LogP contribution is -2.42. The van der Waals surface area contributed by atoms with E-state index in [9.17, 15) is 27.6 Å². The van der Waals surface area contributed by atoms with Crippen molar-refractivity contribution in [2.24, 2.45) is 27.8 Å².